The zero-order valence-electron chi connectivity index (χ0n) is 10.8. The highest BCUT2D eigenvalue weighted by atomic mass is 32.2. The van der Waals surface area contributed by atoms with Crippen LogP contribution in [-0.2, 0) is 27.8 Å². The van der Waals surface area contributed by atoms with Gasteiger partial charge in [0.05, 0.1) is 30.3 Å². The zero-order valence-corrected chi connectivity index (χ0v) is 11.6. The molecule has 2 unspecified atom stereocenters. The Morgan fingerprint density at radius 3 is 3.00 bits per heavy atom. The molecule has 0 aliphatic carbocycles. The number of hydrogen-bond acceptors (Lipinski definition) is 5. The minimum atomic E-state index is -4.00. The number of aromatic amines is 1. The zero-order chi connectivity index (χ0) is 14.9. The molecule has 2 atom stereocenters. The molecule has 1 aromatic heterocycles. The number of carbonyl (C=O) groups is 1. The van der Waals surface area contributed by atoms with Crippen LogP contribution in [0, 0.1) is 11.3 Å². The van der Waals surface area contributed by atoms with E-state index in [1.165, 1.54) is 6.33 Å². The van der Waals surface area contributed by atoms with Gasteiger partial charge < -0.3 is 10.1 Å². The van der Waals surface area contributed by atoms with Crippen molar-refractivity contribution in [1.29, 1.82) is 5.26 Å². The lowest BCUT2D eigenvalue weighted by atomic mass is 10.1. The Morgan fingerprint density at radius 2 is 2.45 bits per heavy atom. The van der Waals surface area contributed by atoms with Gasteiger partial charge in [-0.2, -0.15) is 9.57 Å². The molecule has 0 radical (unpaired) electrons. The number of carboxylic acid groups (broad SMARTS) is 1. The van der Waals surface area contributed by atoms with Crippen molar-refractivity contribution in [2.24, 2.45) is 0 Å². The second kappa shape index (κ2) is 5.22. The van der Waals surface area contributed by atoms with Gasteiger partial charge in [-0.3, -0.25) is 4.79 Å². The van der Waals surface area contributed by atoms with Crippen LogP contribution in [0.4, 0.5) is 0 Å². The number of hydrogen-bond donors (Lipinski definition) is 2. The Kier molecular flexibility index (Phi) is 3.78. The Hall–Kier alpha value is -1.92. The molecule has 0 amide bonds. The van der Waals surface area contributed by atoms with Crippen LogP contribution < -0.4 is 0 Å². The number of imidazole rings is 1. The van der Waals surface area contributed by atoms with Gasteiger partial charge in [0.15, 0.2) is 5.25 Å². The molecule has 0 aromatic carbocycles. The van der Waals surface area contributed by atoms with E-state index in [2.05, 4.69) is 9.97 Å². The summed E-state index contributed by atoms with van der Waals surface area (Å²) in [7, 11) is -4.00. The van der Waals surface area contributed by atoms with Crippen molar-refractivity contribution in [2.45, 2.75) is 37.6 Å². The van der Waals surface area contributed by atoms with Crippen LogP contribution in [0.3, 0.4) is 0 Å². The average Bonchev–Trinajstić information content (AvgIpc) is 2.85. The summed E-state index contributed by atoms with van der Waals surface area (Å²) >= 11 is 0. The summed E-state index contributed by atoms with van der Waals surface area (Å²) in [5.41, 5.74) is 1.12. The molecule has 0 spiro atoms. The van der Waals surface area contributed by atoms with Gasteiger partial charge in [0.1, 0.15) is 6.04 Å². The van der Waals surface area contributed by atoms with Crippen molar-refractivity contribution < 1.29 is 18.3 Å². The molecule has 0 bridgehead atoms. The predicted molar refractivity (Wildman–Crippen MR) is 67.9 cm³/mol. The number of sulfonamides is 1. The lowest BCUT2D eigenvalue weighted by molar-refractivity contribution is -0.141. The van der Waals surface area contributed by atoms with Gasteiger partial charge in [0, 0.05) is 6.42 Å². The number of aromatic nitrogens is 2. The van der Waals surface area contributed by atoms with Crippen LogP contribution in [0.1, 0.15) is 24.7 Å². The fourth-order valence-electron chi connectivity index (χ4n) is 2.22. The summed E-state index contributed by atoms with van der Waals surface area (Å²) in [5, 5.41) is 16.9. The maximum Gasteiger partial charge on any atom is 0.322 e. The summed E-state index contributed by atoms with van der Waals surface area (Å²) in [5.74, 6) is -1.24. The normalized spacial score (nSPS) is 20.9. The molecule has 2 N–H and O–H groups in total. The van der Waals surface area contributed by atoms with Gasteiger partial charge in [0.2, 0.25) is 10.0 Å². The monoisotopic (exact) mass is 298 g/mol. The van der Waals surface area contributed by atoms with Crippen LogP contribution in [0.25, 0.3) is 0 Å². The Labute approximate surface area is 116 Å². The summed E-state index contributed by atoms with van der Waals surface area (Å²) < 4.78 is 25.7. The highest BCUT2D eigenvalue weighted by Crippen LogP contribution is 2.26. The van der Waals surface area contributed by atoms with Crippen molar-refractivity contribution in [3.05, 3.63) is 17.7 Å². The molecule has 0 saturated carbocycles. The molecule has 108 valence electrons. The second-order valence-electron chi connectivity index (χ2n) is 4.50. The number of nitriles is 1. The van der Waals surface area contributed by atoms with Gasteiger partial charge in [0.25, 0.3) is 0 Å². The maximum absolute atomic E-state index is 12.4. The first-order valence-electron chi connectivity index (χ1n) is 6.06. The standard InChI is InChI=1S/C11H14N4O4S/c1-2-7(4-12)20(18,19)15-5-9-8(13-6-14-9)3-10(15)11(16)17/h6-7,10H,2-3,5H2,1H3,(H,13,14)(H,16,17). The minimum absolute atomic E-state index is 0.00470. The van der Waals surface area contributed by atoms with E-state index in [1.807, 2.05) is 0 Å². The smallest absolute Gasteiger partial charge is 0.322 e. The van der Waals surface area contributed by atoms with E-state index >= 15 is 0 Å². The lowest BCUT2D eigenvalue weighted by Gasteiger charge is -2.32. The number of nitrogens with one attached hydrogen (secondary N) is 1. The third-order valence-electron chi connectivity index (χ3n) is 3.34. The summed E-state index contributed by atoms with van der Waals surface area (Å²) in [6.07, 6.45) is 1.51. The number of rotatable bonds is 4. The molecule has 9 heteroatoms. The van der Waals surface area contributed by atoms with Gasteiger partial charge >= 0.3 is 5.97 Å². The molecule has 0 saturated heterocycles. The number of nitrogens with zero attached hydrogens (tertiary/aromatic N) is 3. The van der Waals surface area contributed by atoms with Crippen LogP contribution in [0.15, 0.2) is 6.33 Å². The number of H-pyrrole nitrogens is 1. The lowest BCUT2D eigenvalue weighted by Crippen LogP contribution is -2.51. The highest BCUT2D eigenvalue weighted by molar-refractivity contribution is 7.90. The molecular formula is C11H14N4O4S. The number of carboxylic acids is 1. The van der Waals surface area contributed by atoms with E-state index < -0.39 is 27.3 Å². The molecule has 8 nitrogen and oxygen atoms in total. The Bertz CT molecular complexity index is 660. The Balaban J connectivity index is 2.44. The molecule has 2 rings (SSSR count). The molecular weight excluding hydrogens is 284 g/mol. The fraction of sp³-hybridized carbons (Fsp3) is 0.545. The average molecular weight is 298 g/mol. The van der Waals surface area contributed by atoms with Crippen molar-refractivity contribution in [3.63, 3.8) is 0 Å². The van der Waals surface area contributed by atoms with Gasteiger partial charge in [-0.15, -0.1) is 0 Å². The SMILES string of the molecule is CCC(C#N)S(=O)(=O)N1Cc2[nH]cnc2CC1C(=O)O. The van der Waals surface area contributed by atoms with E-state index in [0.717, 1.165) is 4.31 Å². The third kappa shape index (κ3) is 2.28. The first-order chi connectivity index (χ1) is 9.41. The quantitative estimate of drug-likeness (QED) is 0.796. The first kappa shape index (κ1) is 14.5. The van der Waals surface area contributed by atoms with Crippen molar-refractivity contribution in [3.8, 4) is 6.07 Å². The second-order valence-corrected chi connectivity index (χ2v) is 6.57. The van der Waals surface area contributed by atoms with Crippen molar-refractivity contribution >= 4 is 16.0 Å². The van der Waals surface area contributed by atoms with Gasteiger partial charge in [-0.1, -0.05) is 6.92 Å². The Morgan fingerprint density at radius 1 is 1.75 bits per heavy atom. The molecule has 1 aliphatic heterocycles. The molecule has 1 aliphatic rings. The third-order valence-corrected chi connectivity index (χ3v) is 5.54. The first-order valence-corrected chi connectivity index (χ1v) is 7.56. The number of aliphatic carboxylic acids is 1. The van der Waals surface area contributed by atoms with E-state index in [4.69, 9.17) is 5.26 Å². The molecule has 20 heavy (non-hydrogen) atoms. The largest absolute Gasteiger partial charge is 0.480 e. The molecule has 1 aromatic rings. The van der Waals surface area contributed by atoms with E-state index in [1.54, 1.807) is 13.0 Å². The van der Waals surface area contributed by atoms with E-state index in [9.17, 15) is 18.3 Å². The topological polar surface area (TPSA) is 127 Å². The van der Waals surface area contributed by atoms with Crippen LogP contribution in [-0.4, -0.2) is 45.1 Å². The summed E-state index contributed by atoms with van der Waals surface area (Å²) in [4.78, 5) is 18.1. The van der Waals surface area contributed by atoms with Gasteiger partial charge in [-0.05, 0) is 6.42 Å². The van der Waals surface area contributed by atoms with Crippen molar-refractivity contribution in [1.82, 2.24) is 14.3 Å². The van der Waals surface area contributed by atoms with Gasteiger partial charge in [-0.25, -0.2) is 13.4 Å². The van der Waals surface area contributed by atoms with Crippen LogP contribution in [0.2, 0.25) is 0 Å². The van der Waals surface area contributed by atoms with Crippen molar-refractivity contribution in [2.75, 3.05) is 0 Å². The molecule has 2 heterocycles. The summed E-state index contributed by atoms with van der Waals surface area (Å²) in [6, 6.07) is 0.494. The fourth-order valence-corrected chi connectivity index (χ4v) is 3.93. The van der Waals surface area contributed by atoms with Crippen LogP contribution in [0.5, 0.6) is 0 Å². The maximum atomic E-state index is 12.4. The summed E-state index contributed by atoms with van der Waals surface area (Å²) in [6.45, 7) is 1.47. The predicted octanol–water partition coefficient (Wildman–Crippen LogP) is -0.147. The minimum Gasteiger partial charge on any atom is -0.480 e. The highest BCUT2D eigenvalue weighted by Gasteiger charge is 2.43. The van der Waals surface area contributed by atoms with E-state index in [0.29, 0.717) is 11.4 Å². The molecule has 0 fully saturated rings. The van der Waals surface area contributed by atoms with Crippen LogP contribution >= 0.6 is 0 Å². The van der Waals surface area contributed by atoms with E-state index in [-0.39, 0.29) is 19.4 Å². The number of fused-ring (bicyclic) bond motifs is 1.